The fraction of sp³-hybridized carbons (Fsp3) is 0.111. The lowest BCUT2D eigenvalue weighted by Crippen LogP contribution is -2.27. The Morgan fingerprint density at radius 1 is 1.15 bits per heavy atom. The number of nitrogens with one attached hydrogen (secondary N) is 1. The Balaban J connectivity index is 1.91. The van der Waals surface area contributed by atoms with Gasteiger partial charge in [-0.1, -0.05) is 29.5 Å². The number of methoxy groups -OCH3 is 1. The minimum absolute atomic E-state index is 0.155. The molecule has 2 aromatic heterocycles. The molecule has 0 unspecified atom stereocenters. The van der Waals surface area contributed by atoms with Gasteiger partial charge in [-0.05, 0) is 31.2 Å². The van der Waals surface area contributed by atoms with E-state index in [4.69, 9.17) is 4.74 Å². The topological polar surface area (TPSA) is 89.8 Å². The van der Waals surface area contributed by atoms with Gasteiger partial charge in [0.15, 0.2) is 9.86 Å². The van der Waals surface area contributed by atoms with Crippen LogP contribution >= 0.6 is 11.3 Å². The minimum Gasteiger partial charge on any atom is -0.497 e. The molecule has 0 aliphatic carbocycles. The predicted octanol–water partition coefficient (Wildman–Crippen LogP) is 3.03. The normalized spacial score (nSPS) is 11.8. The van der Waals surface area contributed by atoms with Crippen molar-refractivity contribution >= 4 is 42.2 Å². The SMILES string of the molecule is COc1cccc(NS(=O)(=O)c2c(C)nc3sc4ccccc4n3c2=O)c1. The summed E-state index contributed by atoms with van der Waals surface area (Å²) < 4.78 is 35.6. The third-order valence-corrected chi connectivity index (χ3v) is 6.61. The van der Waals surface area contributed by atoms with Crippen molar-refractivity contribution in [2.45, 2.75) is 11.8 Å². The number of ether oxygens (including phenoxy) is 1. The van der Waals surface area contributed by atoms with Gasteiger partial charge >= 0.3 is 0 Å². The minimum atomic E-state index is -4.13. The maximum Gasteiger partial charge on any atom is 0.280 e. The standard InChI is InChI=1S/C18H15N3O4S2/c1-11-16(27(23,24)20-12-6-5-7-13(10-12)25-2)17(22)21-14-8-3-4-9-15(14)26-18(21)19-11/h3-10,20H,1-2H3. The van der Waals surface area contributed by atoms with Gasteiger partial charge in [-0.2, -0.15) is 0 Å². The summed E-state index contributed by atoms with van der Waals surface area (Å²) in [4.78, 5) is 17.5. The zero-order valence-corrected chi connectivity index (χ0v) is 16.1. The third kappa shape index (κ3) is 2.94. The first-order valence-electron chi connectivity index (χ1n) is 7.98. The van der Waals surface area contributed by atoms with Gasteiger partial charge in [0.25, 0.3) is 15.6 Å². The average molecular weight is 401 g/mol. The highest BCUT2D eigenvalue weighted by Crippen LogP contribution is 2.26. The molecule has 9 heteroatoms. The summed E-state index contributed by atoms with van der Waals surface area (Å²) in [5, 5.41) is 0. The van der Waals surface area contributed by atoms with Crippen LogP contribution in [0.1, 0.15) is 5.69 Å². The molecular formula is C18H15N3O4S2. The van der Waals surface area contributed by atoms with Gasteiger partial charge in [0.05, 0.1) is 28.7 Å². The first-order chi connectivity index (χ1) is 12.9. The molecular weight excluding hydrogens is 386 g/mol. The molecule has 0 amide bonds. The van der Waals surface area contributed by atoms with Crippen LogP contribution in [0, 0.1) is 6.92 Å². The Hall–Kier alpha value is -2.91. The summed E-state index contributed by atoms with van der Waals surface area (Å²) in [7, 11) is -2.64. The Morgan fingerprint density at radius 3 is 2.70 bits per heavy atom. The van der Waals surface area contributed by atoms with Crippen LogP contribution in [0.3, 0.4) is 0 Å². The van der Waals surface area contributed by atoms with Crippen LogP contribution < -0.4 is 15.0 Å². The number of benzene rings is 2. The van der Waals surface area contributed by atoms with Crippen LogP contribution in [0.15, 0.2) is 58.2 Å². The quantitative estimate of drug-likeness (QED) is 0.568. The van der Waals surface area contributed by atoms with E-state index in [1.807, 2.05) is 12.1 Å². The van der Waals surface area contributed by atoms with Gasteiger partial charge in [-0.25, -0.2) is 17.8 Å². The fourth-order valence-electron chi connectivity index (χ4n) is 2.90. The largest absolute Gasteiger partial charge is 0.497 e. The lowest BCUT2D eigenvalue weighted by Gasteiger charge is -2.10. The Labute approximate surface area is 158 Å². The van der Waals surface area contributed by atoms with Crippen molar-refractivity contribution < 1.29 is 13.2 Å². The number of hydrogen-bond acceptors (Lipinski definition) is 6. The number of aromatic nitrogens is 2. The maximum atomic E-state index is 13.1. The van der Waals surface area contributed by atoms with Gasteiger partial charge in [0.1, 0.15) is 5.75 Å². The second kappa shape index (κ2) is 6.36. The Kier molecular flexibility index (Phi) is 4.12. The molecule has 0 spiro atoms. The molecule has 0 atom stereocenters. The molecule has 7 nitrogen and oxygen atoms in total. The zero-order chi connectivity index (χ0) is 19.2. The summed E-state index contributed by atoms with van der Waals surface area (Å²) in [6.45, 7) is 1.52. The molecule has 1 N–H and O–H groups in total. The number of hydrogen-bond donors (Lipinski definition) is 1. The first-order valence-corrected chi connectivity index (χ1v) is 10.3. The molecule has 138 valence electrons. The number of thiazole rings is 1. The molecule has 0 saturated carbocycles. The average Bonchev–Trinajstić information content (AvgIpc) is 2.99. The number of sulfonamides is 1. The summed E-state index contributed by atoms with van der Waals surface area (Å²) in [6.07, 6.45) is 0. The van der Waals surface area contributed by atoms with Crippen molar-refractivity contribution in [1.82, 2.24) is 9.38 Å². The van der Waals surface area contributed by atoms with Crippen LogP contribution in [0.25, 0.3) is 15.2 Å². The van der Waals surface area contributed by atoms with Crippen LogP contribution in [-0.2, 0) is 10.0 Å². The lowest BCUT2D eigenvalue weighted by molar-refractivity contribution is 0.415. The summed E-state index contributed by atoms with van der Waals surface area (Å²) >= 11 is 1.34. The van der Waals surface area contributed by atoms with E-state index in [1.54, 1.807) is 30.3 Å². The molecule has 0 aliphatic rings. The van der Waals surface area contributed by atoms with Crippen molar-refractivity contribution in [1.29, 1.82) is 0 Å². The van der Waals surface area contributed by atoms with E-state index in [9.17, 15) is 13.2 Å². The second-order valence-corrected chi connectivity index (χ2v) is 8.49. The number of nitrogens with zero attached hydrogens (tertiary/aromatic N) is 2. The fourth-order valence-corrected chi connectivity index (χ4v) is 5.25. The molecule has 27 heavy (non-hydrogen) atoms. The van der Waals surface area contributed by atoms with Gasteiger partial charge in [-0.15, -0.1) is 0 Å². The highest BCUT2D eigenvalue weighted by atomic mass is 32.2. The molecule has 0 aliphatic heterocycles. The van der Waals surface area contributed by atoms with E-state index in [0.29, 0.717) is 21.9 Å². The summed E-state index contributed by atoms with van der Waals surface area (Å²) in [6, 6.07) is 13.8. The van der Waals surface area contributed by atoms with Gasteiger partial charge in [0, 0.05) is 6.07 Å². The van der Waals surface area contributed by atoms with Crippen LogP contribution in [0.5, 0.6) is 5.75 Å². The van der Waals surface area contributed by atoms with Gasteiger partial charge < -0.3 is 4.74 Å². The number of anilines is 1. The first kappa shape index (κ1) is 17.5. The molecule has 2 heterocycles. The van der Waals surface area contributed by atoms with Crippen LogP contribution in [0.4, 0.5) is 5.69 Å². The van der Waals surface area contributed by atoms with Crippen molar-refractivity contribution in [3.8, 4) is 5.75 Å². The zero-order valence-electron chi connectivity index (χ0n) is 14.5. The monoisotopic (exact) mass is 401 g/mol. The molecule has 0 saturated heterocycles. The molecule has 0 fully saturated rings. The Morgan fingerprint density at radius 2 is 1.93 bits per heavy atom. The van der Waals surface area contributed by atoms with Crippen molar-refractivity contribution in [3.63, 3.8) is 0 Å². The number of aryl methyl sites for hydroxylation is 1. The molecule has 2 aromatic carbocycles. The van der Waals surface area contributed by atoms with E-state index >= 15 is 0 Å². The smallest absolute Gasteiger partial charge is 0.280 e. The molecule has 4 rings (SSSR count). The highest BCUT2D eigenvalue weighted by Gasteiger charge is 2.25. The van der Waals surface area contributed by atoms with E-state index in [2.05, 4.69) is 9.71 Å². The second-order valence-electron chi connectivity index (χ2n) is 5.86. The molecule has 0 bridgehead atoms. The maximum absolute atomic E-state index is 13.1. The van der Waals surface area contributed by atoms with Crippen LogP contribution in [0.2, 0.25) is 0 Å². The van der Waals surface area contributed by atoms with E-state index in [0.717, 1.165) is 4.70 Å². The van der Waals surface area contributed by atoms with E-state index in [1.165, 1.54) is 35.8 Å². The van der Waals surface area contributed by atoms with Crippen molar-refractivity contribution in [2.75, 3.05) is 11.8 Å². The van der Waals surface area contributed by atoms with Crippen LogP contribution in [-0.4, -0.2) is 24.9 Å². The lowest BCUT2D eigenvalue weighted by atomic mass is 10.3. The van der Waals surface area contributed by atoms with E-state index in [-0.39, 0.29) is 10.6 Å². The van der Waals surface area contributed by atoms with Crippen molar-refractivity contribution in [2.24, 2.45) is 0 Å². The van der Waals surface area contributed by atoms with E-state index < -0.39 is 15.6 Å². The molecule has 0 radical (unpaired) electrons. The Bertz CT molecular complexity index is 1340. The number of rotatable bonds is 4. The van der Waals surface area contributed by atoms with Crippen molar-refractivity contribution in [3.05, 3.63) is 64.6 Å². The van der Waals surface area contributed by atoms with Gasteiger partial charge in [0.2, 0.25) is 0 Å². The van der Waals surface area contributed by atoms with Gasteiger partial charge in [-0.3, -0.25) is 9.52 Å². The third-order valence-electron chi connectivity index (χ3n) is 4.08. The highest BCUT2D eigenvalue weighted by molar-refractivity contribution is 7.92. The summed E-state index contributed by atoms with van der Waals surface area (Å²) in [5.41, 5.74) is 0.466. The number of fused-ring (bicyclic) bond motifs is 3. The number of para-hydroxylation sites is 1. The molecule has 4 aromatic rings. The summed E-state index contributed by atoms with van der Waals surface area (Å²) in [5.74, 6) is 0.501. The predicted molar refractivity (Wildman–Crippen MR) is 105 cm³/mol.